The second-order valence-corrected chi connectivity index (χ2v) is 6.02. The van der Waals surface area contributed by atoms with E-state index in [4.69, 9.17) is 4.42 Å². The van der Waals surface area contributed by atoms with Gasteiger partial charge in [-0.05, 0) is 33.0 Å². The fraction of sp³-hybridized carbons (Fsp3) is 0.526. The van der Waals surface area contributed by atoms with Gasteiger partial charge < -0.3 is 15.1 Å². The SMILES string of the molecule is CCN(CC)C(C)CNC(=NC)NCc1oc2ccccc2c1C. The van der Waals surface area contributed by atoms with Gasteiger partial charge in [0, 0.05) is 30.6 Å². The van der Waals surface area contributed by atoms with Gasteiger partial charge in [-0.1, -0.05) is 32.0 Å². The van der Waals surface area contributed by atoms with Crippen LogP contribution in [-0.4, -0.2) is 43.6 Å². The summed E-state index contributed by atoms with van der Waals surface area (Å²) in [5.41, 5.74) is 2.12. The van der Waals surface area contributed by atoms with Crippen molar-refractivity contribution in [2.24, 2.45) is 4.99 Å². The molecule has 2 rings (SSSR count). The molecule has 0 aliphatic heterocycles. The minimum atomic E-state index is 0.464. The van der Waals surface area contributed by atoms with Crippen LogP contribution >= 0.6 is 0 Å². The molecule has 0 saturated carbocycles. The molecular weight excluding hydrogens is 300 g/mol. The molecule has 24 heavy (non-hydrogen) atoms. The summed E-state index contributed by atoms with van der Waals surface area (Å²) in [5, 5.41) is 7.92. The van der Waals surface area contributed by atoms with E-state index in [9.17, 15) is 0 Å². The lowest BCUT2D eigenvalue weighted by molar-refractivity contribution is 0.231. The van der Waals surface area contributed by atoms with Gasteiger partial charge in [0.2, 0.25) is 0 Å². The summed E-state index contributed by atoms with van der Waals surface area (Å²) < 4.78 is 5.94. The van der Waals surface area contributed by atoms with Gasteiger partial charge >= 0.3 is 0 Å². The Bertz CT molecular complexity index is 673. The summed E-state index contributed by atoms with van der Waals surface area (Å²) in [6.07, 6.45) is 0. The number of guanidine groups is 1. The Morgan fingerprint density at radius 1 is 1.21 bits per heavy atom. The van der Waals surface area contributed by atoms with Crippen LogP contribution in [0.25, 0.3) is 11.0 Å². The number of furan rings is 1. The van der Waals surface area contributed by atoms with Crippen molar-refractivity contribution in [2.75, 3.05) is 26.7 Å². The number of aryl methyl sites for hydroxylation is 1. The maximum Gasteiger partial charge on any atom is 0.191 e. The highest BCUT2D eigenvalue weighted by Gasteiger charge is 2.12. The third-order valence-corrected chi connectivity index (χ3v) is 4.58. The normalized spacial score (nSPS) is 13.5. The average Bonchev–Trinajstić information content (AvgIpc) is 2.92. The first kappa shape index (κ1) is 18.3. The molecule has 0 aliphatic carbocycles. The molecular formula is C19H30N4O. The number of hydrogen-bond acceptors (Lipinski definition) is 3. The van der Waals surface area contributed by atoms with Crippen molar-refractivity contribution < 1.29 is 4.42 Å². The number of rotatable bonds is 7. The fourth-order valence-corrected chi connectivity index (χ4v) is 3.00. The molecule has 1 unspecified atom stereocenters. The Kier molecular flexibility index (Phi) is 6.67. The largest absolute Gasteiger partial charge is 0.459 e. The fourth-order valence-electron chi connectivity index (χ4n) is 3.00. The predicted octanol–water partition coefficient (Wildman–Crippen LogP) is 3.14. The summed E-state index contributed by atoms with van der Waals surface area (Å²) in [7, 11) is 1.79. The predicted molar refractivity (Wildman–Crippen MR) is 102 cm³/mol. The van der Waals surface area contributed by atoms with Crippen molar-refractivity contribution in [1.82, 2.24) is 15.5 Å². The third kappa shape index (κ3) is 4.29. The minimum absolute atomic E-state index is 0.464. The zero-order valence-electron chi connectivity index (χ0n) is 15.5. The number of aliphatic imine (C=N–C) groups is 1. The van der Waals surface area contributed by atoms with Gasteiger partial charge in [-0.15, -0.1) is 0 Å². The highest BCUT2D eigenvalue weighted by Crippen LogP contribution is 2.24. The summed E-state index contributed by atoms with van der Waals surface area (Å²) in [6.45, 7) is 12.3. The van der Waals surface area contributed by atoms with Gasteiger partial charge in [-0.2, -0.15) is 0 Å². The Morgan fingerprint density at radius 3 is 2.54 bits per heavy atom. The van der Waals surface area contributed by atoms with E-state index in [1.165, 1.54) is 10.9 Å². The van der Waals surface area contributed by atoms with Crippen LogP contribution in [0.1, 0.15) is 32.1 Å². The number of para-hydroxylation sites is 1. The molecule has 1 aromatic heterocycles. The second-order valence-electron chi connectivity index (χ2n) is 6.02. The van der Waals surface area contributed by atoms with Gasteiger partial charge in [-0.25, -0.2) is 0 Å². The molecule has 0 spiro atoms. The summed E-state index contributed by atoms with van der Waals surface area (Å²) in [5.74, 6) is 1.75. The number of nitrogens with one attached hydrogen (secondary N) is 2. The van der Waals surface area contributed by atoms with Crippen LogP contribution in [0.15, 0.2) is 33.7 Å². The molecule has 1 aromatic carbocycles. The lowest BCUT2D eigenvalue weighted by Crippen LogP contribution is -2.45. The Hall–Kier alpha value is -2.01. The van der Waals surface area contributed by atoms with Gasteiger partial charge in [0.1, 0.15) is 11.3 Å². The highest BCUT2D eigenvalue weighted by molar-refractivity contribution is 5.82. The Balaban J connectivity index is 1.92. The van der Waals surface area contributed by atoms with Crippen molar-refractivity contribution in [1.29, 1.82) is 0 Å². The highest BCUT2D eigenvalue weighted by atomic mass is 16.3. The van der Waals surface area contributed by atoms with Crippen molar-refractivity contribution in [2.45, 2.75) is 40.3 Å². The molecule has 0 bridgehead atoms. The van der Waals surface area contributed by atoms with Crippen LogP contribution < -0.4 is 10.6 Å². The van der Waals surface area contributed by atoms with Gasteiger partial charge in [0.05, 0.1) is 6.54 Å². The van der Waals surface area contributed by atoms with E-state index in [-0.39, 0.29) is 0 Å². The minimum Gasteiger partial charge on any atom is -0.459 e. The summed E-state index contributed by atoms with van der Waals surface area (Å²) >= 11 is 0. The molecule has 0 fully saturated rings. The Morgan fingerprint density at radius 2 is 1.92 bits per heavy atom. The zero-order valence-corrected chi connectivity index (χ0v) is 15.5. The van der Waals surface area contributed by atoms with Gasteiger partial charge in [0.25, 0.3) is 0 Å². The zero-order chi connectivity index (χ0) is 17.5. The summed E-state index contributed by atoms with van der Waals surface area (Å²) in [6, 6.07) is 8.60. The first-order valence-corrected chi connectivity index (χ1v) is 8.76. The van der Waals surface area contributed by atoms with Crippen molar-refractivity contribution in [3.63, 3.8) is 0 Å². The molecule has 1 heterocycles. The van der Waals surface area contributed by atoms with E-state index >= 15 is 0 Å². The first-order valence-electron chi connectivity index (χ1n) is 8.76. The molecule has 1 atom stereocenters. The summed E-state index contributed by atoms with van der Waals surface area (Å²) in [4.78, 5) is 6.72. The number of likely N-dealkylation sites (N-methyl/N-ethyl adjacent to an activating group) is 1. The van der Waals surface area contributed by atoms with Crippen LogP contribution in [-0.2, 0) is 6.54 Å². The van der Waals surface area contributed by atoms with E-state index in [1.807, 2.05) is 18.2 Å². The van der Waals surface area contributed by atoms with Crippen LogP contribution in [0.3, 0.4) is 0 Å². The molecule has 0 aliphatic rings. The smallest absolute Gasteiger partial charge is 0.191 e. The average molecular weight is 330 g/mol. The lowest BCUT2D eigenvalue weighted by atomic mass is 10.1. The topological polar surface area (TPSA) is 52.8 Å². The van der Waals surface area contributed by atoms with Gasteiger partial charge in [0.15, 0.2) is 5.96 Å². The Labute approximate surface area is 145 Å². The number of benzene rings is 1. The molecule has 132 valence electrons. The van der Waals surface area contributed by atoms with E-state index in [1.54, 1.807) is 7.05 Å². The number of fused-ring (bicyclic) bond motifs is 1. The van der Waals surface area contributed by atoms with Crippen LogP contribution in [0, 0.1) is 6.92 Å². The molecule has 0 saturated heterocycles. The monoisotopic (exact) mass is 330 g/mol. The second kappa shape index (κ2) is 8.73. The quantitative estimate of drug-likeness (QED) is 0.605. The van der Waals surface area contributed by atoms with E-state index in [0.717, 1.165) is 36.9 Å². The van der Waals surface area contributed by atoms with E-state index in [2.05, 4.69) is 54.3 Å². The maximum absolute atomic E-state index is 5.94. The van der Waals surface area contributed by atoms with Crippen LogP contribution in [0.2, 0.25) is 0 Å². The number of nitrogens with zero attached hydrogens (tertiary/aromatic N) is 2. The van der Waals surface area contributed by atoms with Crippen LogP contribution in [0.4, 0.5) is 0 Å². The lowest BCUT2D eigenvalue weighted by Gasteiger charge is -2.27. The van der Waals surface area contributed by atoms with Crippen molar-refractivity contribution in [3.05, 3.63) is 35.6 Å². The first-order chi connectivity index (χ1) is 11.6. The van der Waals surface area contributed by atoms with E-state index in [0.29, 0.717) is 12.6 Å². The van der Waals surface area contributed by atoms with E-state index < -0.39 is 0 Å². The number of hydrogen-bond donors (Lipinski definition) is 2. The standard InChI is InChI=1S/C19H30N4O/c1-6-23(7-2)14(3)12-21-19(20-5)22-13-18-15(4)16-10-8-9-11-17(16)24-18/h8-11,14H,6-7,12-13H2,1-5H3,(H2,20,21,22). The van der Waals surface area contributed by atoms with Crippen LogP contribution in [0.5, 0.6) is 0 Å². The van der Waals surface area contributed by atoms with Gasteiger partial charge in [-0.3, -0.25) is 9.89 Å². The van der Waals surface area contributed by atoms with Crippen molar-refractivity contribution in [3.8, 4) is 0 Å². The molecule has 0 radical (unpaired) electrons. The van der Waals surface area contributed by atoms with Crippen molar-refractivity contribution >= 4 is 16.9 Å². The molecule has 5 nitrogen and oxygen atoms in total. The molecule has 5 heteroatoms. The molecule has 2 N–H and O–H groups in total. The third-order valence-electron chi connectivity index (χ3n) is 4.58. The molecule has 2 aromatic rings. The maximum atomic E-state index is 5.94. The molecule has 0 amide bonds.